The van der Waals surface area contributed by atoms with Crippen molar-refractivity contribution >= 4 is 6.08 Å². The molecule has 0 N–H and O–H groups in total. The third-order valence-electron chi connectivity index (χ3n) is 4.16. The Hall–Kier alpha value is -1.60. The number of fused-ring (bicyclic) bond motifs is 1. The number of methoxy groups -OCH3 is 1. The van der Waals surface area contributed by atoms with Gasteiger partial charge in [0.15, 0.2) is 0 Å². The van der Waals surface area contributed by atoms with E-state index in [1.54, 1.807) is 13.2 Å². The smallest absolute Gasteiger partial charge is 0.235 e. The molecule has 1 fully saturated rings. The summed E-state index contributed by atoms with van der Waals surface area (Å²) in [5.41, 5.74) is 3.61. The first kappa shape index (κ1) is 11.5. The summed E-state index contributed by atoms with van der Waals surface area (Å²) >= 11 is 0. The zero-order chi connectivity index (χ0) is 12.6. The summed E-state index contributed by atoms with van der Waals surface area (Å²) in [5.74, 6) is 0.882. The zero-order valence-electron chi connectivity index (χ0n) is 10.7. The van der Waals surface area contributed by atoms with E-state index in [1.165, 1.54) is 24.0 Å². The van der Waals surface area contributed by atoms with Crippen molar-refractivity contribution in [3.8, 4) is 5.75 Å². The molecule has 0 bridgehead atoms. The van der Waals surface area contributed by atoms with E-state index in [0.29, 0.717) is 0 Å². The van der Waals surface area contributed by atoms with Crippen LogP contribution in [-0.4, -0.2) is 13.2 Å². The number of nitrogens with zero attached hydrogens (tertiary/aromatic N) is 1. The Bertz CT molecular complexity index is 526. The number of hydrogen-bond acceptors (Lipinski definition) is 3. The standard InChI is InChI=1S/C15H17NO2/c1-18-13-7-6-11-4-2-3-5-12(11)14(13)15(8-9-15)16-10-17/h6-7H,2-5,8-9H2,1H3. The Balaban J connectivity index is 2.19. The Labute approximate surface area is 107 Å². The molecule has 0 saturated heterocycles. The van der Waals surface area contributed by atoms with E-state index in [4.69, 9.17) is 4.74 Å². The Morgan fingerprint density at radius 2 is 2.06 bits per heavy atom. The minimum atomic E-state index is -0.324. The number of ether oxygens (including phenoxy) is 1. The molecule has 3 nitrogen and oxygen atoms in total. The first-order chi connectivity index (χ1) is 8.80. The van der Waals surface area contributed by atoms with Crippen molar-refractivity contribution in [1.82, 2.24) is 0 Å². The van der Waals surface area contributed by atoms with E-state index < -0.39 is 0 Å². The number of isocyanates is 1. The highest BCUT2D eigenvalue weighted by Gasteiger charge is 2.48. The maximum Gasteiger partial charge on any atom is 0.235 e. The van der Waals surface area contributed by atoms with Gasteiger partial charge in [-0.05, 0) is 55.7 Å². The fourth-order valence-electron chi connectivity index (χ4n) is 3.11. The Kier molecular flexibility index (Phi) is 2.71. The van der Waals surface area contributed by atoms with Crippen LogP contribution in [0, 0.1) is 0 Å². The van der Waals surface area contributed by atoms with Crippen LogP contribution in [0.15, 0.2) is 17.1 Å². The third kappa shape index (κ3) is 1.67. The maximum absolute atomic E-state index is 10.7. The van der Waals surface area contributed by atoms with Crippen LogP contribution in [0.1, 0.15) is 42.4 Å². The van der Waals surface area contributed by atoms with Crippen molar-refractivity contribution in [3.63, 3.8) is 0 Å². The van der Waals surface area contributed by atoms with Crippen LogP contribution in [0.2, 0.25) is 0 Å². The molecule has 0 unspecified atom stereocenters. The van der Waals surface area contributed by atoms with E-state index in [1.807, 2.05) is 6.07 Å². The second-order valence-electron chi connectivity index (χ2n) is 5.22. The molecule has 1 aromatic carbocycles. The van der Waals surface area contributed by atoms with E-state index in [2.05, 4.69) is 11.1 Å². The van der Waals surface area contributed by atoms with Gasteiger partial charge in [-0.1, -0.05) is 6.07 Å². The van der Waals surface area contributed by atoms with Crippen molar-refractivity contribution in [3.05, 3.63) is 28.8 Å². The number of benzene rings is 1. The van der Waals surface area contributed by atoms with Crippen molar-refractivity contribution in [1.29, 1.82) is 0 Å². The predicted molar refractivity (Wildman–Crippen MR) is 68.7 cm³/mol. The fraction of sp³-hybridized carbons (Fsp3) is 0.533. The molecule has 2 aliphatic rings. The van der Waals surface area contributed by atoms with Crippen LogP contribution in [0.5, 0.6) is 5.75 Å². The molecule has 1 saturated carbocycles. The van der Waals surface area contributed by atoms with Gasteiger partial charge in [0, 0.05) is 5.56 Å². The van der Waals surface area contributed by atoms with Gasteiger partial charge in [0.1, 0.15) is 11.3 Å². The molecule has 0 radical (unpaired) electrons. The summed E-state index contributed by atoms with van der Waals surface area (Å²) in [4.78, 5) is 14.7. The minimum absolute atomic E-state index is 0.324. The van der Waals surface area contributed by atoms with Crippen LogP contribution in [0.4, 0.5) is 0 Å². The molecule has 0 amide bonds. The van der Waals surface area contributed by atoms with Crippen LogP contribution < -0.4 is 4.74 Å². The second kappa shape index (κ2) is 4.25. The molecule has 18 heavy (non-hydrogen) atoms. The van der Waals surface area contributed by atoms with Gasteiger partial charge in [-0.25, -0.2) is 4.79 Å². The van der Waals surface area contributed by atoms with Crippen molar-refractivity contribution in [2.75, 3.05) is 7.11 Å². The average Bonchev–Trinajstić information content (AvgIpc) is 3.18. The number of aliphatic imine (C=N–C) groups is 1. The van der Waals surface area contributed by atoms with E-state index in [9.17, 15) is 4.79 Å². The number of aryl methyl sites for hydroxylation is 1. The van der Waals surface area contributed by atoms with Gasteiger partial charge < -0.3 is 4.74 Å². The molecule has 1 aromatic rings. The summed E-state index contributed by atoms with van der Waals surface area (Å²) in [5, 5.41) is 0. The number of rotatable bonds is 3. The molecule has 0 spiro atoms. The third-order valence-corrected chi connectivity index (χ3v) is 4.16. The van der Waals surface area contributed by atoms with Crippen molar-refractivity contribution < 1.29 is 9.53 Å². The Morgan fingerprint density at radius 1 is 1.28 bits per heavy atom. The normalized spacial score (nSPS) is 19.6. The zero-order valence-corrected chi connectivity index (χ0v) is 10.7. The molecular formula is C15H17NO2. The van der Waals surface area contributed by atoms with Gasteiger partial charge in [0.05, 0.1) is 7.11 Å². The van der Waals surface area contributed by atoms with Crippen LogP contribution in [0.3, 0.4) is 0 Å². The minimum Gasteiger partial charge on any atom is -0.496 e. The van der Waals surface area contributed by atoms with Gasteiger partial charge in [-0.15, -0.1) is 0 Å². The summed E-state index contributed by atoms with van der Waals surface area (Å²) < 4.78 is 5.49. The average molecular weight is 243 g/mol. The molecule has 0 aliphatic heterocycles. The van der Waals surface area contributed by atoms with Gasteiger partial charge in [0.25, 0.3) is 0 Å². The first-order valence-corrected chi connectivity index (χ1v) is 6.59. The van der Waals surface area contributed by atoms with Crippen molar-refractivity contribution in [2.24, 2.45) is 4.99 Å². The van der Waals surface area contributed by atoms with Gasteiger partial charge in [0.2, 0.25) is 6.08 Å². The molecule has 2 aliphatic carbocycles. The lowest BCUT2D eigenvalue weighted by Gasteiger charge is -2.24. The number of carbonyl (C=O) groups excluding carboxylic acids is 1. The number of hydrogen-bond donors (Lipinski definition) is 0. The summed E-state index contributed by atoms with van der Waals surface area (Å²) in [7, 11) is 1.69. The molecular weight excluding hydrogens is 226 g/mol. The van der Waals surface area contributed by atoms with Crippen molar-refractivity contribution in [2.45, 2.75) is 44.1 Å². The topological polar surface area (TPSA) is 38.7 Å². The summed E-state index contributed by atoms with van der Waals surface area (Å²) in [6, 6.07) is 4.19. The SMILES string of the molecule is COc1ccc2c(c1C1(N=C=O)CC1)CCCC2. The predicted octanol–water partition coefficient (Wildman–Crippen LogP) is 2.90. The molecule has 3 rings (SSSR count). The van der Waals surface area contributed by atoms with Gasteiger partial charge >= 0.3 is 0 Å². The molecule has 0 aromatic heterocycles. The highest BCUT2D eigenvalue weighted by atomic mass is 16.5. The highest BCUT2D eigenvalue weighted by Crippen LogP contribution is 2.54. The summed E-state index contributed by atoms with van der Waals surface area (Å²) in [6.07, 6.45) is 8.31. The summed E-state index contributed by atoms with van der Waals surface area (Å²) in [6.45, 7) is 0. The molecule has 94 valence electrons. The lowest BCUT2D eigenvalue weighted by molar-refractivity contribution is 0.402. The van der Waals surface area contributed by atoms with Gasteiger partial charge in [-0.2, -0.15) is 4.99 Å². The quantitative estimate of drug-likeness (QED) is 0.605. The molecule has 3 heteroatoms. The van der Waals surface area contributed by atoms with Crippen LogP contribution >= 0.6 is 0 Å². The lowest BCUT2D eigenvalue weighted by Crippen LogP contribution is -2.14. The molecule has 0 atom stereocenters. The highest BCUT2D eigenvalue weighted by molar-refractivity contribution is 5.54. The monoisotopic (exact) mass is 243 g/mol. The van der Waals surface area contributed by atoms with Crippen LogP contribution in [0.25, 0.3) is 0 Å². The van der Waals surface area contributed by atoms with Crippen LogP contribution in [-0.2, 0) is 23.2 Å². The molecule has 0 heterocycles. The maximum atomic E-state index is 10.7. The van der Waals surface area contributed by atoms with E-state index in [-0.39, 0.29) is 5.54 Å². The second-order valence-corrected chi connectivity index (χ2v) is 5.22. The fourth-order valence-corrected chi connectivity index (χ4v) is 3.11. The lowest BCUT2D eigenvalue weighted by atomic mass is 9.84. The largest absolute Gasteiger partial charge is 0.496 e. The van der Waals surface area contributed by atoms with E-state index in [0.717, 1.165) is 37.0 Å². The Morgan fingerprint density at radius 3 is 2.72 bits per heavy atom. The first-order valence-electron chi connectivity index (χ1n) is 6.59. The van der Waals surface area contributed by atoms with E-state index >= 15 is 0 Å². The van der Waals surface area contributed by atoms with Gasteiger partial charge in [-0.3, -0.25) is 0 Å².